The van der Waals surface area contributed by atoms with Gasteiger partial charge >= 0.3 is 0 Å². The van der Waals surface area contributed by atoms with Gasteiger partial charge in [0, 0.05) is 55.9 Å². The zero-order valence-electron chi connectivity index (χ0n) is 25.0. The molecule has 2 fully saturated rings. The molecule has 7 rings (SSSR count). The number of fused-ring (bicyclic) bond motifs is 1. The van der Waals surface area contributed by atoms with Crippen LogP contribution in [0.5, 0.6) is 17.2 Å². The van der Waals surface area contributed by atoms with Gasteiger partial charge in [-0.15, -0.1) is 0 Å². The molecule has 9 nitrogen and oxygen atoms in total. The maximum Gasteiger partial charge on any atom is 0.188 e. The monoisotopic (exact) mass is 609 g/mol. The molecule has 1 spiro atoms. The maximum absolute atomic E-state index is 13.6. The molecule has 1 atom stereocenters. The van der Waals surface area contributed by atoms with Gasteiger partial charge in [0.1, 0.15) is 29.7 Å². The zero-order valence-corrected chi connectivity index (χ0v) is 25.0. The molecular formula is C35H36FN5O4. The fourth-order valence-corrected chi connectivity index (χ4v) is 6.82. The van der Waals surface area contributed by atoms with Crippen molar-refractivity contribution >= 4 is 12.1 Å². The minimum Gasteiger partial charge on any atom is -0.490 e. The van der Waals surface area contributed by atoms with E-state index in [-0.39, 0.29) is 28.9 Å². The summed E-state index contributed by atoms with van der Waals surface area (Å²) in [5.74, 6) is 1.80. The highest BCUT2D eigenvalue weighted by Crippen LogP contribution is 2.52. The average molecular weight is 610 g/mol. The Morgan fingerprint density at radius 1 is 1.04 bits per heavy atom. The number of halogens is 1. The fraction of sp³-hybridized carbons (Fsp3) is 0.371. The van der Waals surface area contributed by atoms with E-state index in [4.69, 9.17) is 19.2 Å². The first-order valence-electron chi connectivity index (χ1n) is 15.6. The minimum atomic E-state index is -0.497. The number of nitrogens with zero attached hydrogens (tertiary/aromatic N) is 4. The van der Waals surface area contributed by atoms with Gasteiger partial charge in [0.05, 0.1) is 24.1 Å². The van der Waals surface area contributed by atoms with Gasteiger partial charge in [-0.1, -0.05) is 30.3 Å². The molecule has 232 valence electrons. The smallest absolute Gasteiger partial charge is 0.188 e. The molecule has 3 aliphatic rings. The Labute approximate surface area is 261 Å². The molecule has 1 saturated heterocycles. The van der Waals surface area contributed by atoms with Crippen LogP contribution in [0.4, 0.5) is 10.2 Å². The summed E-state index contributed by atoms with van der Waals surface area (Å²) >= 11 is 0. The van der Waals surface area contributed by atoms with Crippen molar-refractivity contribution in [1.82, 2.24) is 20.3 Å². The molecule has 0 radical (unpaired) electrons. The Morgan fingerprint density at radius 2 is 1.91 bits per heavy atom. The molecular weight excluding hydrogens is 573 g/mol. The van der Waals surface area contributed by atoms with Crippen molar-refractivity contribution in [2.75, 3.05) is 31.1 Å². The molecule has 1 unspecified atom stereocenters. The lowest BCUT2D eigenvalue weighted by Crippen LogP contribution is -2.65. The number of carbonyl (C=O) groups excluding carboxylic acids is 1. The predicted molar refractivity (Wildman–Crippen MR) is 166 cm³/mol. The second-order valence-electron chi connectivity index (χ2n) is 12.2. The van der Waals surface area contributed by atoms with E-state index in [9.17, 15) is 9.18 Å². The van der Waals surface area contributed by atoms with Gasteiger partial charge in [0.25, 0.3) is 0 Å². The summed E-state index contributed by atoms with van der Waals surface area (Å²) in [7, 11) is 0. The van der Waals surface area contributed by atoms with E-state index in [0.717, 1.165) is 69.2 Å². The average Bonchev–Trinajstić information content (AvgIpc) is 3.03. The van der Waals surface area contributed by atoms with Crippen LogP contribution in [0.25, 0.3) is 0 Å². The van der Waals surface area contributed by atoms with E-state index >= 15 is 0 Å². The Morgan fingerprint density at radius 3 is 2.76 bits per heavy atom. The van der Waals surface area contributed by atoms with Gasteiger partial charge in [-0.05, 0) is 55.5 Å². The number of aromatic nitrogens is 3. The lowest BCUT2D eigenvalue weighted by molar-refractivity contribution is -0.0352. The van der Waals surface area contributed by atoms with E-state index in [2.05, 4.69) is 32.3 Å². The number of aldehydes is 1. The van der Waals surface area contributed by atoms with E-state index in [1.807, 2.05) is 30.5 Å². The first-order chi connectivity index (χ1) is 22.1. The standard InChI is InChI=1S/C35H36FN5O4/c36-26-8-9-30(25(15-26)19-42)45-32-18-37-23-40-34(32)41-21-35(22-41)16-27(17-35)44-31-11-13-39-29-10-12-38-28(33(29)31)7-4-14-43-20-24-5-2-1-3-6-24/h1-3,5-6,8-9,11,13,15,18-19,23,27-28,38H,4,7,10,12,14,16-17,20-22H2. The highest BCUT2D eigenvalue weighted by molar-refractivity contribution is 5.79. The van der Waals surface area contributed by atoms with E-state index in [1.165, 1.54) is 29.6 Å². The predicted octanol–water partition coefficient (Wildman–Crippen LogP) is 5.85. The number of ether oxygens (including phenoxy) is 3. The van der Waals surface area contributed by atoms with Gasteiger partial charge in [-0.25, -0.2) is 14.4 Å². The van der Waals surface area contributed by atoms with Gasteiger partial charge in [-0.3, -0.25) is 9.78 Å². The van der Waals surface area contributed by atoms with Crippen molar-refractivity contribution in [2.24, 2.45) is 5.41 Å². The molecule has 2 aromatic carbocycles. The SMILES string of the molecule is O=Cc1cc(F)ccc1Oc1cncnc1N1CC2(CC(Oc3ccnc4c3C(CCCOCc3ccccc3)NCC4)C2)C1. The van der Waals surface area contributed by atoms with Crippen LogP contribution in [0.2, 0.25) is 0 Å². The lowest BCUT2D eigenvalue weighted by Gasteiger charge is -2.59. The highest BCUT2D eigenvalue weighted by Gasteiger charge is 2.54. The maximum atomic E-state index is 13.6. The molecule has 2 aromatic heterocycles. The van der Waals surface area contributed by atoms with Crippen molar-refractivity contribution in [3.8, 4) is 17.2 Å². The Kier molecular flexibility index (Phi) is 8.41. The summed E-state index contributed by atoms with van der Waals surface area (Å²) in [5, 5.41) is 3.68. The van der Waals surface area contributed by atoms with Crippen LogP contribution in [-0.4, -0.2) is 53.6 Å². The summed E-state index contributed by atoms with van der Waals surface area (Å²) in [5.41, 5.74) is 3.81. The summed E-state index contributed by atoms with van der Waals surface area (Å²) in [6.07, 6.45) is 10.4. The number of hydrogen-bond donors (Lipinski definition) is 1. The highest BCUT2D eigenvalue weighted by atomic mass is 19.1. The van der Waals surface area contributed by atoms with Crippen LogP contribution in [0, 0.1) is 11.2 Å². The largest absolute Gasteiger partial charge is 0.490 e. The summed E-state index contributed by atoms with van der Waals surface area (Å²) in [6, 6.07) is 16.3. The molecule has 4 aromatic rings. The Bertz CT molecular complexity index is 1640. The molecule has 0 bridgehead atoms. The quantitative estimate of drug-likeness (QED) is 0.157. The van der Waals surface area contributed by atoms with Crippen molar-refractivity contribution in [1.29, 1.82) is 0 Å². The van der Waals surface area contributed by atoms with Crippen LogP contribution in [0.1, 0.15) is 58.9 Å². The number of anilines is 1. The zero-order chi connectivity index (χ0) is 30.6. The number of hydrogen-bond acceptors (Lipinski definition) is 9. The number of nitrogens with one attached hydrogen (secondary N) is 1. The lowest BCUT2D eigenvalue weighted by atomic mass is 9.61. The topological polar surface area (TPSA) is 98.7 Å². The summed E-state index contributed by atoms with van der Waals surface area (Å²) in [6.45, 7) is 3.90. The minimum absolute atomic E-state index is 0.135. The van der Waals surface area contributed by atoms with Crippen molar-refractivity contribution in [2.45, 2.75) is 50.9 Å². The van der Waals surface area contributed by atoms with Crippen molar-refractivity contribution < 1.29 is 23.4 Å². The third-order valence-electron chi connectivity index (χ3n) is 8.97. The molecule has 0 amide bonds. The fourth-order valence-electron chi connectivity index (χ4n) is 6.82. The molecule has 1 N–H and O–H groups in total. The number of carbonyl (C=O) groups is 1. The normalized spacial score (nSPS) is 18.5. The first-order valence-corrected chi connectivity index (χ1v) is 15.6. The Hall–Kier alpha value is -4.41. The number of benzene rings is 2. The second-order valence-corrected chi connectivity index (χ2v) is 12.2. The second kappa shape index (κ2) is 12.9. The van der Waals surface area contributed by atoms with E-state index < -0.39 is 5.82 Å². The number of rotatable bonds is 12. The number of pyridine rings is 1. The van der Waals surface area contributed by atoms with Crippen LogP contribution in [0.15, 0.2) is 73.3 Å². The molecule has 1 aliphatic carbocycles. The van der Waals surface area contributed by atoms with Gasteiger partial charge < -0.3 is 24.4 Å². The first kappa shape index (κ1) is 29.3. The summed E-state index contributed by atoms with van der Waals surface area (Å²) in [4.78, 5) is 26.9. The molecule has 4 heterocycles. The van der Waals surface area contributed by atoms with E-state index in [1.54, 1.807) is 6.20 Å². The molecule has 1 saturated carbocycles. The van der Waals surface area contributed by atoms with Crippen LogP contribution >= 0.6 is 0 Å². The van der Waals surface area contributed by atoms with Crippen LogP contribution in [-0.2, 0) is 17.8 Å². The van der Waals surface area contributed by atoms with Gasteiger partial charge in [-0.2, -0.15) is 0 Å². The third-order valence-corrected chi connectivity index (χ3v) is 8.97. The van der Waals surface area contributed by atoms with Crippen LogP contribution in [0.3, 0.4) is 0 Å². The molecule has 2 aliphatic heterocycles. The van der Waals surface area contributed by atoms with Gasteiger partial charge in [0.2, 0.25) is 0 Å². The molecule has 45 heavy (non-hydrogen) atoms. The van der Waals surface area contributed by atoms with Crippen molar-refractivity contribution in [3.05, 3.63) is 102 Å². The summed E-state index contributed by atoms with van der Waals surface area (Å²) < 4.78 is 32.1. The van der Waals surface area contributed by atoms with Gasteiger partial charge in [0.15, 0.2) is 17.9 Å². The Balaban J connectivity index is 0.936. The van der Waals surface area contributed by atoms with Crippen LogP contribution < -0.4 is 19.7 Å². The van der Waals surface area contributed by atoms with E-state index in [0.29, 0.717) is 31.1 Å². The molecule has 10 heteroatoms. The van der Waals surface area contributed by atoms with Crippen molar-refractivity contribution in [3.63, 3.8) is 0 Å². The third kappa shape index (κ3) is 6.39.